The highest BCUT2D eigenvalue weighted by Gasteiger charge is 2.21. The van der Waals surface area contributed by atoms with E-state index in [9.17, 15) is 10.2 Å². The second kappa shape index (κ2) is 6.10. The predicted octanol–water partition coefficient (Wildman–Crippen LogP) is 1.11. The third-order valence-electron chi connectivity index (χ3n) is 1.46. The highest BCUT2D eigenvalue weighted by Crippen LogP contribution is 2.16. The van der Waals surface area contributed by atoms with E-state index >= 15 is 0 Å². The molecule has 0 saturated heterocycles. The third-order valence-corrected chi connectivity index (χ3v) is 1.99. The van der Waals surface area contributed by atoms with Gasteiger partial charge in [0.05, 0.1) is 9.50 Å². The third kappa shape index (κ3) is 4.57. The molecule has 3 N–H and O–H groups in total. The number of hydrogen-bond donors (Lipinski definition) is 3. The first kappa shape index (κ1) is 12.6. The molecule has 3 nitrogen and oxygen atoms in total. The van der Waals surface area contributed by atoms with Gasteiger partial charge in [-0.05, 0) is 44.4 Å². The molecule has 0 unspecified atom stereocenters. The van der Waals surface area contributed by atoms with Gasteiger partial charge < -0.3 is 15.3 Å². The maximum absolute atomic E-state index is 9.25. The van der Waals surface area contributed by atoms with E-state index in [1.54, 1.807) is 6.92 Å². The fourth-order valence-electron chi connectivity index (χ4n) is 0.697. The minimum absolute atomic E-state index is 0.409. The van der Waals surface area contributed by atoms with E-state index < -0.39 is 18.3 Å². The first-order chi connectivity index (χ1) is 5.49. The fourth-order valence-corrected chi connectivity index (χ4v) is 1.24. The highest BCUT2D eigenvalue weighted by atomic mass is 79.9. The summed E-state index contributed by atoms with van der Waals surface area (Å²) in [5, 5.41) is 27.6. The van der Waals surface area contributed by atoms with Crippen LogP contribution in [0.5, 0.6) is 0 Å². The van der Waals surface area contributed by atoms with E-state index in [1.165, 1.54) is 6.08 Å². The Bertz CT molecular complexity index is 157. The topological polar surface area (TPSA) is 60.7 Å². The average molecular weight is 304 g/mol. The molecule has 0 heterocycles. The van der Waals surface area contributed by atoms with Gasteiger partial charge in [-0.25, -0.2) is 0 Å². The molecule has 0 spiro atoms. The number of aliphatic hydroxyl groups is 3. The molecule has 0 aliphatic carbocycles. The Morgan fingerprint density at radius 2 is 1.83 bits per heavy atom. The second-order valence-corrected chi connectivity index (χ2v) is 5.19. The second-order valence-electron chi connectivity index (χ2n) is 2.41. The van der Waals surface area contributed by atoms with Crippen molar-refractivity contribution in [3.63, 3.8) is 0 Å². The summed E-state index contributed by atoms with van der Waals surface area (Å²) in [7, 11) is 0. The van der Waals surface area contributed by atoms with Crippen molar-refractivity contribution < 1.29 is 15.3 Å². The molecule has 0 aromatic rings. The van der Waals surface area contributed by atoms with E-state index in [4.69, 9.17) is 5.11 Å². The zero-order valence-corrected chi connectivity index (χ0v) is 9.79. The lowest BCUT2D eigenvalue weighted by Gasteiger charge is -2.19. The zero-order valence-electron chi connectivity index (χ0n) is 6.61. The van der Waals surface area contributed by atoms with Crippen molar-refractivity contribution in [3.8, 4) is 0 Å². The number of hydrogen-bond acceptors (Lipinski definition) is 3. The fraction of sp³-hybridized carbons (Fsp3) is 0.714. The number of aliphatic hydroxyl groups excluding tert-OH is 3. The van der Waals surface area contributed by atoms with Crippen molar-refractivity contribution in [2.24, 2.45) is 0 Å². The Balaban J connectivity index is 4.09. The summed E-state index contributed by atoms with van der Waals surface area (Å²) in [6.45, 7) is 1.73. The summed E-state index contributed by atoms with van der Waals surface area (Å²) < 4.78 is 0.546. The van der Waals surface area contributed by atoms with Crippen LogP contribution in [0.3, 0.4) is 0 Å². The Labute approximate surface area is 88.4 Å². The van der Waals surface area contributed by atoms with Gasteiger partial charge in [-0.2, -0.15) is 0 Å². The molecule has 0 saturated carbocycles. The van der Waals surface area contributed by atoms with Crippen LogP contribution < -0.4 is 0 Å². The normalized spacial score (nSPS) is 18.2. The molecule has 0 fully saturated rings. The van der Waals surface area contributed by atoms with Crippen LogP contribution in [-0.4, -0.2) is 33.6 Å². The largest absolute Gasteiger partial charge is 0.390 e. The quantitative estimate of drug-likeness (QED) is 0.729. The summed E-state index contributed by atoms with van der Waals surface area (Å²) >= 11 is 6.08. The maximum atomic E-state index is 9.25. The van der Waals surface area contributed by atoms with Crippen molar-refractivity contribution in [2.75, 3.05) is 0 Å². The van der Waals surface area contributed by atoms with Crippen LogP contribution in [0.2, 0.25) is 0 Å². The molecule has 0 amide bonds. The van der Waals surface area contributed by atoms with Gasteiger partial charge in [-0.15, -0.1) is 0 Å². The molecule has 5 heteroatoms. The molecule has 0 aromatic carbocycles. The Morgan fingerprint density at radius 3 is 2.17 bits per heavy atom. The summed E-state index contributed by atoms with van der Waals surface area (Å²) in [6, 6.07) is 0. The lowest BCUT2D eigenvalue weighted by Crippen LogP contribution is -2.35. The SMILES string of the molecule is CC[C@@H](O)[C@@H](O)[C@@H](O)C=C(Br)Br. The summed E-state index contributed by atoms with van der Waals surface area (Å²) in [6.07, 6.45) is -1.32. The van der Waals surface area contributed by atoms with Crippen LogP contribution >= 0.6 is 31.9 Å². The van der Waals surface area contributed by atoms with E-state index in [0.717, 1.165) is 0 Å². The maximum Gasteiger partial charge on any atom is 0.109 e. The van der Waals surface area contributed by atoms with Crippen molar-refractivity contribution in [3.05, 3.63) is 9.47 Å². The van der Waals surface area contributed by atoms with Crippen LogP contribution in [-0.2, 0) is 0 Å². The smallest absolute Gasteiger partial charge is 0.109 e. The molecule has 3 atom stereocenters. The molecule has 12 heavy (non-hydrogen) atoms. The van der Waals surface area contributed by atoms with Crippen molar-refractivity contribution in [1.82, 2.24) is 0 Å². The van der Waals surface area contributed by atoms with Gasteiger partial charge in [-0.1, -0.05) is 6.92 Å². The first-order valence-electron chi connectivity index (χ1n) is 3.56. The minimum atomic E-state index is -1.14. The number of halogens is 2. The molecule has 0 radical (unpaired) electrons. The van der Waals surface area contributed by atoms with Gasteiger partial charge in [-0.3, -0.25) is 0 Å². The van der Waals surface area contributed by atoms with Gasteiger partial charge in [0.25, 0.3) is 0 Å². The molecule has 0 bridgehead atoms. The Hall–Kier alpha value is 0.580. The molecule has 72 valence electrons. The molecular weight excluding hydrogens is 292 g/mol. The van der Waals surface area contributed by atoms with Crippen molar-refractivity contribution in [1.29, 1.82) is 0 Å². The summed E-state index contributed by atoms with van der Waals surface area (Å²) in [4.78, 5) is 0. The van der Waals surface area contributed by atoms with Gasteiger partial charge in [0, 0.05) is 0 Å². The summed E-state index contributed by atoms with van der Waals surface area (Å²) in [5.41, 5.74) is 0. The number of rotatable bonds is 4. The lowest BCUT2D eigenvalue weighted by molar-refractivity contribution is -0.0420. The predicted molar refractivity (Wildman–Crippen MR) is 54.2 cm³/mol. The van der Waals surface area contributed by atoms with Gasteiger partial charge in [0.1, 0.15) is 12.2 Å². The molecule has 0 aromatic heterocycles. The lowest BCUT2D eigenvalue weighted by atomic mass is 10.1. The van der Waals surface area contributed by atoms with Crippen LogP contribution in [0, 0.1) is 0 Å². The summed E-state index contributed by atoms with van der Waals surface area (Å²) in [5.74, 6) is 0. The van der Waals surface area contributed by atoms with Crippen LogP contribution in [0.1, 0.15) is 13.3 Å². The van der Waals surface area contributed by atoms with Gasteiger partial charge >= 0.3 is 0 Å². The Kier molecular flexibility index (Phi) is 6.39. The van der Waals surface area contributed by atoms with E-state index in [-0.39, 0.29) is 0 Å². The van der Waals surface area contributed by atoms with Gasteiger partial charge in [0.15, 0.2) is 0 Å². The minimum Gasteiger partial charge on any atom is -0.390 e. The van der Waals surface area contributed by atoms with Crippen molar-refractivity contribution >= 4 is 31.9 Å². The Morgan fingerprint density at radius 1 is 1.33 bits per heavy atom. The highest BCUT2D eigenvalue weighted by molar-refractivity contribution is 9.28. The standard InChI is InChI=1S/C7H12Br2O3/c1-2-4(10)7(12)5(11)3-6(8)9/h3-5,7,10-12H,2H2,1H3/t4-,5+,7-/m1/s1. The molecular formula is C7H12Br2O3. The van der Waals surface area contributed by atoms with Crippen LogP contribution in [0.15, 0.2) is 9.47 Å². The molecule has 0 aliphatic heterocycles. The van der Waals surface area contributed by atoms with E-state index in [1.807, 2.05) is 0 Å². The van der Waals surface area contributed by atoms with Crippen LogP contribution in [0.4, 0.5) is 0 Å². The zero-order chi connectivity index (χ0) is 9.72. The van der Waals surface area contributed by atoms with Crippen LogP contribution in [0.25, 0.3) is 0 Å². The first-order valence-corrected chi connectivity index (χ1v) is 5.14. The molecule has 0 aliphatic rings. The van der Waals surface area contributed by atoms with E-state index in [2.05, 4.69) is 31.9 Å². The molecule has 0 rings (SSSR count). The monoisotopic (exact) mass is 302 g/mol. The van der Waals surface area contributed by atoms with Gasteiger partial charge in [0.2, 0.25) is 0 Å². The average Bonchev–Trinajstić information content (AvgIpc) is 2.00. The van der Waals surface area contributed by atoms with Crippen molar-refractivity contribution in [2.45, 2.75) is 31.7 Å². The van der Waals surface area contributed by atoms with E-state index in [0.29, 0.717) is 9.81 Å².